The van der Waals surface area contributed by atoms with Crippen molar-refractivity contribution >= 4 is 17.3 Å². The average Bonchev–Trinajstić information content (AvgIpc) is 3.02. The molecule has 3 N–H and O–H groups in total. The minimum atomic E-state index is -0.207. The van der Waals surface area contributed by atoms with Crippen molar-refractivity contribution in [1.29, 1.82) is 0 Å². The zero-order valence-electron chi connectivity index (χ0n) is 11.2. The standard InChI is InChI=1S/C16H14N4O/c17-13-6-3-5-12(11-13)16(21)19-14-7-1-2-8-15(14)20-10-4-9-18-20/h1-11H,17H2,(H,19,21). The number of anilines is 2. The Morgan fingerprint density at radius 1 is 1.10 bits per heavy atom. The molecule has 1 amide bonds. The molecule has 0 saturated carbocycles. The quantitative estimate of drug-likeness (QED) is 0.723. The number of hydrogen-bond donors (Lipinski definition) is 2. The van der Waals surface area contributed by atoms with E-state index in [0.717, 1.165) is 5.69 Å². The molecule has 104 valence electrons. The van der Waals surface area contributed by atoms with Gasteiger partial charge in [-0.2, -0.15) is 5.10 Å². The van der Waals surface area contributed by atoms with Crippen molar-refractivity contribution in [1.82, 2.24) is 9.78 Å². The maximum absolute atomic E-state index is 12.3. The van der Waals surface area contributed by atoms with E-state index in [0.29, 0.717) is 16.9 Å². The molecular formula is C16H14N4O. The Morgan fingerprint density at radius 2 is 1.95 bits per heavy atom. The number of amides is 1. The Hall–Kier alpha value is -3.08. The van der Waals surface area contributed by atoms with E-state index in [2.05, 4.69) is 10.4 Å². The molecule has 0 unspecified atom stereocenters. The number of para-hydroxylation sites is 2. The molecule has 0 fully saturated rings. The fraction of sp³-hybridized carbons (Fsp3) is 0. The van der Waals surface area contributed by atoms with Gasteiger partial charge in [0, 0.05) is 23.6 Å². The highest BCUT2D eigenvalue weighted by atomic mass is 16.1. The van der Waals surface area contributed by atoms with Crippen LogP contribution in [-0.2, 0) is 0 Å². The summed E-state index contributed by atoms with van der Waals surface area (Å²) in [6, 6.07) is 16.2. The topological polar surface area (TPSA) is 72.9 Å². The number of hydrogen-bond acceptors (Lipinski definition) is 3. The Morgan fingerprint density at radius 3 is 2.71 bits per heavy atom. The van der Waals surface area contributed by atoms with Crippen molar-refractivity contribution in [3.63, 3.8) is 0 Å². The van der Waals surface area contributed by atoms with Crippen molar-refractivity contribution in [2.75, 3.05) is 11.1 Å². The van der Waals surface area contributed by atoms with E-state index in [-0.39, 0.29) is 5.91 Å². The van der Waals surface area contributed by atoms with Crippen LogP contribution in [0.2, 0.25) is 0 Å². The summed E-state index contributed by atoms with van der Waals surface area (Å²) in [5.41, 5.74) is 8.27. The van der Waals surface area contributed by atoms with Gasteiger partial charge < -0.3 is 11.1 Å². The summed E-state index contributed by atoms with van der Waals surface area (Å²) in [6.07, 6.45) is 3.52. The summed E-state index contributed by atoms with van der Waals surface area (Å²) in [5, 5.41) is 7.07. The van der Waals surface area contributed by atoms with E-state index < -0.39 is 0 Å². The van der Waals surface area contributed by atoms with Gasteiger partial charge >= 0.3 is 0 Å². The molecule has 5 nitrogen and oxygen atoms in total. The van der Waals surface area contributed by atoms with E-state index >= 15 is 0 Å². The number of benzene rings is 2. The lowest BCUT2D eigenvalue weighted by molar-refractivity contribution is 0.102. The van der Waals surface area contributed by atoms with Crippen LogP contribution in [0.3, 0.4) is 0 Å². The summed E-state index contributed by atoms with van der Waals surface area (Å²) in [4.78, 5) is 12.3. The fourth-order valence-electron chi connectivity index (χ4n) is 2.06. The van der Waals surface area contributed by atoms with E-state index in [1.54, 1.807) is 35.1 Å². The lowest BCUT2D eigenvalue weighted by atomic mass is 10.2. The van der Waals surface area contributed by atoms with Crippen molar-refractivity contribution in [2.24, 2.45) is 0 Å². The molecule has 0 bridgehead atoms. The third kappa shape index (κ3) is 2.76. The molecule has 0 aliphatic heterocycles. The van der Waals surface area contributed by atoms with E-state index in [1.165, 1.54) is 0 Å². The number of nitrogens with zero attached hydrogens (tertiary/aromatic N) is 2. The van der Waals surface area contributed by atoms with Crippen molar-refractivity contribution in [2.45, 2.75) is 0 Å². The summed E-state index contributed by atoms with van der Waals surface area (Å²) in [7, 11) is 0. The Balaban J connectivity index is 1.90. The number of carbonyl (C=O) groups excluding carboxylic acids is 1. The first-order chi connectivity index (χ1) is 10.2. The maximum atomic E-state index is 12.3. The monoisotopic (exact) mass is 278 g/mol. The van der Waals surface area contributed by atoms with Crippen LogP contribution in [0.15, 0.2) is 67.0 Å². The van der Waals surface area contributed by atoms with Gasteiger partial charge in [-0.1, -0.05) is 18.2 Å². The molecule has 0 atom stereocenters. The SMILES string of the molecule is Nc1cccc(C(=O)Nc2ccccc2-n2cccn2)c1. The largest absolute Gasteiger partial charge is 0.399 e. The van der Waals surface area contributed by atoms with Gasteiger partial charge in [-0.15, -0.1) is 0 Å². The number of nitrogens with one attached hydrogen (secondary N) is 1. The minimum absolute atomic E-state index is 0.207. The van der Waals surface area contributed by atoms with Crippen molar-refractivity contribution in [3.05, 3.63) is 72.6 Å². The summed E-state index contributed by atoms with van der Waals surface area (Å²) in [6.45, 7) is 0. The first kappa shape index (κ1) is 12.9. The van der Waals surface area contributed by atoms with Gasteiger partial charge in [-0.05, 0) is 36.4 Å². The maximum Gasteiger partial charge on any atom is 0.255 e. The van der Waals surface area contributed by atoms with Crippen molar-refractivity contribution < 1.29 is 4.79 Å². The summed E-state index contributed by atoms with van der Waals surface area (Å²) >= 11 is 0. The molecule has 2 aromatic carbocycles. The highest BCUT2D eigenvalue weighted by Crippen LogP contribution is 2.20. The smallest absolute Gasteiger partial charge is 0.255 e. The van der Waals surface area contributed by atoms with Crippen LogP contribution in [0.1, 0.15) is 10.4 Å². The Labute approximate surface area is 122 Å². The van der Waals surface area contributed by atoms with Crippen LogP contribution < -0.4 is 11.1 Å². The highest BCUT2D eigenvalue weighted by molar-refractivity contribution is 6.05. The average molecular weight is 278 g/mol. The van der Waals surface area contributed by atoms with Crippen LogP contribution in [0, 0.1) is 0 Å². The van der Waals surface area contributed by atoms with Gasteiger partial charge in [0.1, 0.15) is 0 Å². The number of nitrogens with two attached hydrogens (primary N) is 1. The van der Waals surface area contributed by atoms with Gasteiger partial charge in [0.05, 0.1) is 11.4 Å². The fourth-order valence-corrected chi connectivity index (χ4v) is 2.06. The van der Waals surface area contributed by atoms with Gasteiger partial charge in [0.2, 0.25) is 0 Å². The van der Waals surface area contributed by atoms with E-state index in [9.17, 15) is 4.79 Å². The lowest BCUT2D eigenvalue weighted by Gasteiger charge is -2.11. The number of nitrogen functional groups attached to an aromatic ring is 1. The molecule has 0 spiro atoms. The Kier molecular flexibility index (Phi) is 3.39. The van der Waals surface area contributed by atoms with Crippen molar-refractivity contribution in [3.8, 4) is 5.69 Å². The van der Waals surface area contributed by atoms with Gasteiger partial charge in [0.25, 0.3) is 5.91 Å². The summed E-state index contributed by atoms with van der Waals surface area (Å²) in [5.74, 6) is -0.207. The molecule has 0 saturated heterocycles. The minimum Gasteiger partial charge on any atom is -0.399 e. The van der Waals surface area contributed by atoms with Gasteiger partial charge in [-0.3, -0.25) is 4.79 Å². The van der Waals surface area contributed by atoms with E-state index in [4.69, 9.17) is 5.73 Å². The molecular weight excluding hydrogens is 264 g/mol. The molecule has 1 aromatic heterocycles. The molecule has 0 aliphatic rings. The first-order valence-corrected chi connectivity index (χ1v) is 6.50. The lowest BCUT2D eigenvalue weighted by Crippen LogP contribution is -2.14. The molecule has 0 aliphatic carbocycles. The van der Waals surface area contributed by atoms with Crippen LogP contribution in [0.25, 0.3) is 5.69 Å². The highest BCUT2D eigenvalue weighted by Gasteiger charge is 2.10. The third-order valence-corrected chi connectivity index (χ3v) is 3.05. The first-order valence-electron chi connectivity index (χ1n) is 6.50. The molecule has 5 heteroatoms. The predicted octanol–water partition coefficient (Wildman–Crippen LogP) is 2.71. The second-order valence-corrected chi connectivity index (χ2v) is 4.55. The zero-order valence-corrected chi connectivity index (χ0v) is 11.2. The number of rotatable bonds is 3. The van der Waals surface area contributed by atoms with Crippen LogP contribution in [-0.4, -0.2) is 15.7 Å². The second kappa shape index (κ2) is 5.50. The van der Waals surface area contributed by atoms with E-state index in [1.807, 2.05) is 36.5 Å². The summed E-state index contributed by atoms with van der Waals surface area (Å²) < 4.78 is 1.70. The van der Waals surface area contributed by atoms with Gasteiger partial charge in [-0.25, -0.2) is 4.68 Å². The number of aromatic nitrogens is 2. The predicted molar refractivity (Wildman–Crippen MR) is 82.4 cm³/mol. The molecule has 1 heterocycles. The van der Waals surface area contributed by atoms with Crippen LogP contribution in [0.5, 0.6) is 0 Å². The van der Waals surface area contributed by atoms with Crippen LogP contribution >= 0.6 is 0 Å². The number of carbonyl (C=O) groups is 1. The molecule has 0 radical (unpaired) electrons. The second-order valence-electron chi connectivity index (χ2n) is 4.55. The molecule has 3 rings (SSSR count). The van der Waals surface area contributed by atoms with Crippen LogP contribution in [0.4, 0.5) is 11.4 Å². The third-order valence-electron chi connectivity index (χ3n) is 3.05. The van der Waals surface area contributed by atoms with Gasteiger partial charge in [0.15, 0.2) is 0 Å². The zero-order chi connectivity index (χ0) is 14.7. The normalized spacial score (nSPS) is 10.3. The molecule has 21 heavy (non-hydrogen) atoms. The molecule has 3 aromatic rings. The Bertz CT molecular complexity index is 765.